The summed E-state index contributed by atoms with van der Waals surface area (Å²) in [5.41, 5.74) is 1.33. The van der Waals surface area contributed by atoms with Crippen LogP contribution in [0.5, 0.6) is 0 Å². The number of Topliss-reactive ketones (excluding diaryl/α,β-unsaturated/α-hetero) is 1. The first kappa shape index (κ1) is 14.3. The molecule has 0 heterocycles. The Morgan fingerprint density at radius 3 is 2.21 bits per heavy atom. The minimum Gasteiger partial charge on any atom is -0.295 e. The number of ketones is 1. The number of benzene rings is 2. The van der Waals surface area contributed by atoms with Crippen molar-refractivity contribution < 1.29 is 26.0 Å². The highest BCUT2D eigenvalue weighted by Gasteiger charge is 2.15. The van der Waals surface area contributed by atoms with Gasteiger partial charge in [-0.3, -0.25) is 4.79 Å². The number of hydrogen-bond acceptors (Lipinski definition) is 1. The van der Waals surface area contributed by atoms with Crippen LogP contribution in [0.4, 0.5) is 0 Å². The van der Waals surface area contributed by atoms with Gasteiger partial charge in [-0.2, -0.15) is 0 Å². The third-order valence-electron chi connectivity index (χ3n) is 2.87. The van der Waals surface area contributed by atoms with Crippen molar-refractivity contribution >= 4 is 5.78 Å². The van der Waals surface area contributed by atoms with E-state index < -0.39 is 0 Å². The first-order chi connectivity index (χ1) is 9.34. The van der Waals surface area contributed by atoms with E-state index in [1.807, 2.05) is 12.1 Å². The fraction of sp³-hybridized carbons (Fsp3) is 0.235. The molecule has 0 aliphatic carbocycles. The summed E-state index contributed by atoms with van der Waals surface area (Å²) in [4.78, 5) is 11.8. The van der Waals surface area contributed by atoms with Crippen molar-refractivity contribution in [3.63, 3.8) is 0 Å². The summed E-state index contributed by atoms with van der Waals surface area (Å²) >= 11 is -0.136. The van der Waals surface area contributed by atoms with Crippen LogP contribution >= 0.6 is 0 Å². The lowest BCUT2D eigenvalue weighted by molar-refractivity contribution is -0.615. The van der Waals surface area contributed by atoms with Gasteiger partial charge in [0.25, 0.3) is 0 Å². The van der Waals surface area contributed by atoms with Gasteiger partial charge in [0.15, 0.2) is 9.35 Å². The summed E-state index contributed by atoms with van der Waals surface area (Å²) < 4.78 is 2.13. The molecule has 0 spiro atoms. The maximum Gasteiger partial charge on any atom is 0.321 e. The van der Waals surface area contributed by atoms with Gasteiger partial charge in [0.05, 0.1) is 0 Å². The molecule has 0 saturated carbocycles. The van der Waals surface area contributed by atoms with E-state index in [2.05, 4.69) is 48.5 Å². The van der Waals surface area contributed by atoms with E-state index in [-0.39, 0.29) is 21.2 Å². The Morgan fingerprint density at radius 1 is 0.895 bits per heavy atom. The van der Waals surface area contributed by atoms with Crippen molar-refractivity contribution in [2.24, 2.45) is 0 Å². The quantitative estimate of drug-likeness (QED) is 0.517. The topological polar surface area (TPSA) is 17.1 Å². The van der Waals surface area contributed by atoms with E-state index in [1.54, 1.807) is 0 Å². The first-order valence-corrected chi connectivity index (χ1v) is 9.15. The zero-order chi connectivity index (χ0) is 13.3. The van der Waals surface area contributed by atoms with Crippen LogP contribution < -0.4 is 21.2 Å². The van der Waals surface area contributed by atoms with Crippen LogP contribution in [0, 0.1) is 3.57 Å². The van der Waals surface area contributed by atoms with Gasteiger partial charge in [0, 0.05) is 6.42 Å². The summed E-state index contributed by atoms with van der Waals surface area (Å²) in [7, 11) is 0. The molecule has 0 aliphatic rings. The molecule has 1 nitrogen and oxygen atoms in total. The Labute approximate surface area is 125 Å². The lowest BCUT2D eigenvalue weighted by Crippen LogP contribution is -3.63. The van der Waals surface area contributed by atoms with E-state index in [1.165, 1.54) is 9.13 Å². The molecule has 2 rings (SSSR count). The Kier molecular flexibility index (Phi) is 6.08. The molecule has 19 heavy (non-hydrogen) atoms. The molecule has 0 fully saturated rings. The minimum atomic E-state index is -0.136. The zero-order valence-electron chi connectivity index (χ0n) is 10.9. The second-order valence-corrected chi connectivity index (χ2v) is 7.21. The summed E-state index contributed by atoms with van der Waals surface area (Å²) in [6.45, 7) is 0. The average Bonchev–Trinajstić information content (AvgIpc) is 2.47. The molecule has 2 aromatic rings. The van der Waals surface area contributed by atoms with E-state index in [0.29, 0.717) is 5.78 Å². The SMILES string of the molecule is O=C(CCCc1ccccc1)C[I+]c1ccccc1. The molecule has 0 N–H and O–H groups in total. The molecular formula is C17H18IO+. The van der Waals surface area contributed by atoms with Crippen LogP contribution in [-0.2, 0) is 11.2 Å². The number of carbonyl (C=O) groups is 1. The van der Waals surface area contributed by atoms with Gasteiger partial charge in [0.1, 0.15) is 0 Å². The molecule has 98 valence electrons. The summed E-state index contributed by atoms with van der Waals surface area (Å²) in [6.07, 6.45) is 2.71. The van der Waals surface area contributed by atoms with Crippen molar-refractivity contribution in [3.8, 4) is 0 Å². The molecule has 0 saturated heterocycles. The molecule has 0 atom stereocenters. The highest BCUT2D eigenvalue weighted by atomic mass is 127. The normalized spacial score (nSPS) is 10.3. The van der Waals surface area contributed by atoms with Crippen molar-refractivity contribution in [1.29, 1.82) is 0 Å². The summed E-state index contributed by atoms with van der Waals surface area (Å²) in [5.74, 6) is 0.424. The third-order valence-corrected chi connectivity index (χ3v) is 5.70. The van der Waals surface area contributed by atoms with E-state index in [4.69, 9.17) is 0 Å². The van der Waals surface area contributed by atoms with Crippen LogP contribution in [-0.4, -0.2) is 10.2 Å². The van der Waals surface area contributed by atoms with Crippen molar-refractivity contribution in [2.45, 2.75) is 19.3 Å². The van der Waals surface area contributed by atoms with Crippen LogP contribution in [0.1, 0.15) is 18.4 Å². The number of hydrogen-bond donors (Lipinski definition) is 0. The predicted octanol–water partition coefficient (Wildman–Crippen LogP) is 0.537. The van der Waals surface area contributed by atoms with Gasteiger partial charge < -0.3 is 0 Å². The fourth-order valence-electron chi connectivity index (χ4n) is 1.86. The van der Waals surface area contributed by atoms with Crippen LogP contribution in [0.3, 0.4) is 0 Å². The lowest BCUT2D eigenvalue weighted by Gasteiger charge is -1.98. The third kappa shape index (κ3) is 5.55. The number of alkyl halides is 1. The second-order valence-electron chi connectivity index (χ2n) is 4.44. The Hall–Kier alpha value is -1.16. The van der Waals surface area contributed by atoms with Gasteiger partial charge in [-0.15, -0.1) is 0 Å². The van der Waals surface area contributed by atoms with E-state index in [9.17, 15) is 4.79 Å². The predicted molar refractivity (Wildman–Crippen MR) is 74.4 cm³/mol. The minimum absolute atomic E-state index is 0.136. The van der Waals surface area contributed by atoms with Crippen LogP contribution in [0.2, 0.25) is 0 Å². The zero-order valence-corrected chi connectivity index (χ0v) is 13.0. The number of aryl methyl sites for hydroxylation is 1. The van der Waals surface area contributed by atoms with Crippen molar-refractivity contribution in [1.82, 2.24) is 0 Å². The van der Waals surface area contributed by atoms with Gasteiger partial charge in [-0.1, -0.05) is 48.5 Å². The van der Waals surface area contributed by atoms with Gasteiger partial charge in [0.2, 0.25) is 4.43 Å². The Morgan fingerprint density at radius 2 is 1.53 bits per heavy atom. The Bertz CT molecular complexity index is 493. The standard InChI is InChI=1S/C17H18IO/c19-17(14-18-16-11-5-2-6-12-16)13-7-10-15-8-3-1-4-9-15/h1-6,8-9,11-12H,7,10,13-14H2/q+1. The molecule has 0 amide bonds. The maximum atomic E-state index is 11.8. The molecule has 0 unspecified atom stereocenters. The van der Waals surface area contributed by atoms with Crippen LogP contribution in [0.25, 0.3) is 0 Å². The maximum absolute atomic E-state index is 11.8. The molecule has 0 aromatic heterocycles. The van der Waals surface area contributed by atoms with Crippen molar-refractivity contribution in [3.05, 3.63) is 69.8 Å². The highest BCUT2D eigenvalue weighted by Crippen LogP contribution is 2.04. The lowest BCUT2D eigenvalue weighted by atomic mass is 10.1. The molecule has 2 heteroatoms. The van der Waals surface area contributed by atoms with Gasteiger partial charge in [-0.05, 0) is 30.5 Å². The van der Waals surface area contributed by atoms with Crippen molar-refractivity contribution in [2.75, 3.05) is 4.43 Å². The first-order valence-electron chi connectivity index (χ1n) is 6.54. The summed E-state index contributed by atoms with van der Waals surface area (Å²) in [5, 5.41) is 0. The molecular weight excluding hydrogens is 347 g/mol. The monoisotopic (exact) mass is 365 g/mol. The van der Waals surface area contributed by atoms with E-state index in [0.717, 1.165) is 23.7 Å². The Balaban J connectivity index is 1.65. The second kappa shape index (κ2) is 8.10. The molecule has 0 aliphatic heterocycles. The highest BCUT2D eigenvalue weighted by molar-refractivity contribution is 5.79. The number of halogens is 1. The van der Waals surface area contributed by atoms with Crippen LogP contribution in [0.15, 0.2) is 60.7 Å². The smallest absolute Gasteiger partial charge is 0.295 e. The molecule has 2 aromatic carbocycles. The van der Waals surface area contributed by atoms with Gasteiger partial charge in [-0.25, -0.2) is 0 Å². The number of carbonyl (C=O) groups excluding carboxylic acids is 1. The van der Waals surface area contributed by atoms with E-state index >= 15 is 0 Å². The summed E-state index contributed by atoms with van der Waals surface area (Å²) in [6, 6.07) is 20.8. The molecule has 0 radical (unpaired) electrons. The molecule has 0 bridgehead atoms. The average molecular weight is 365 g/mol. The fourth-order valence-corrected chi connectivity index (χ4v) is 4.03. The largest absolute Gasteiger partial charge is 0.321 e. The number of rotatable bonds is 7. The van der Waals surface area contributed by atoms with Gasteiger partial charge >= 0.3 is 21.2 Å².